The molecule has 4 aliphatic rings. The molecule has 5 atom stereocenters. The maximum atomic E-state index is 12.8. The Morgan fingerprint density at radius 1 is 0.829 bits per heavy atom. The van der Waals surface area contributed by atoms with Crippen LogP contribution in [-0.4, -0.2) is 107 Å². The minimum Gasteiger partial charge on any atom is -0.481 e. The van der Waals surface area contributed by atoms with E-state index in [0.29, 0.717) is 37.9 Å². The molecule has 4 aliphatic heterocycles. The number of aliphatic carboxylic acids is 1. The Bertz CT molecular complexity index is 712. The van der Waals surface area contributed by atoms with Crippen LogP contribution in [-0.2, 0) is 9.59 Å². The predicted octanol–water partition coefficient (Wildman–Crippen LogP) is -2.37. The molecule has 4 heterocycles. The first-order valence-corrected chi connectivity index (χ1v) is 13.2. The quantitative estimate of drug-likeness (QED) is 0.201. The Kier molecular flexibility index (Phi) is 10.3. The molecule has 0 spiro atoms. The van der Waals surface area contributed by atoms with Gasteiger partial charge in [-0.2, -0.15) is 0 Å². The molecule has 11 nitrogen and oxygen atoms in total. The predicted molar refractivity (Wildman–Crippen MR) is 137 cm³/mol. The number of carboxylic acids is 1. The molecule has 0 radical (unpaired) electrons. The molecular formula is C24H48N8O3. The van der Waals surface area contributed by atoms with E-state index in [-0.39, 0.29) is 29.7 Å². The lowest BCUT2D eigenvalue weighted by molar-refractivity contribution is -0.137. The molecule has 0 aromatic rings. The summed E-state index contributed by atoms with van der Waals surface area (Å²) in [6.07, 6.45) is 0.557. The van der Waals surface area contributed by atoms with E-state index < -0.39 is 11.5 Å². The second-order valence-electron chi connectivity index (χ2n) is 11.6. The van der Waals surface area contributed by atoms with Crippen LogP contribution in [0.1, 0.15) is 33.1 Å². The number of nitrogens with one attached hydrogen (secondary N) is 7. The average molecular weight is 497 g/mol. The molecule has 0 saturated carbocycles. The minimum atomic E-state index is -0.872. The van der Waals surface area contributed by atoms with E-state index in [1.54, 1.807) is 0 Å². The lowest BCUT2D eigenvalue weighted by atomic mass is 9.76. The van der Waals surface area contributed by atoms with E-state index >= 15 is 0 Å². The number of amides is 1. The lowest BCUT2D eigenvalue weighted by Gasteiger charge is -2.38. The van der Waals surface area contributed by atoms with Gasteiger partial charge in [-0.05, 0) is 49.9 Å². The van der Waals surface area contributed by atoms with Crippen LogP contribution in [0.15, 0.2) is 0 Å². The maximum Gasteiger partial charge on any atom is 0.303 e. The average Bonchev–Trinajstić information content (AvgIpc) is 2.86. The summed E-state index contributed by atoms with van der Waals surface area (Å²) in [6, 6.07) is 0. The highest BCUT2D eigenvalue weighted by Gasteiger charge is 2.40. The number of carbonyl (C=O) groups excluding carboxylic acids is 1. The first kappa shape index (κ1) is 28.2. The highest BCUT2D eigenvalue weighted by Crippen LogP contribution is 2.27. The first-order chi connectivity index (χ1) is 16.6. The number of nitrogens with two attached hydrogens (primary N) is 1. The summed E-state index contributed by atoms with van der Waals surface area (Å²) >= 11 is 0. The Morgan fingerprint density at radius 2 is 1.34 bits per heavy atom. The van der Waals surface area contributed by atoms with Crippen molar-refractivity contribution in [2.24, 2.45) is 23.0 Å². The van der Waals surface area contributed by atoms with E-state index in [1.165, 1.54) is 0 Å². The number of fused-ring (bicyclic) bond motifs is 14. The van der Waals surface area contributed by atoms with Gasteiger partial charge in [0, 0.05) is 65.2 Å². The van der Waals surface area contributed by atoms with E-state index in [0.717, 1.165) is 58.9 Å². The summed E-state index contributed by atoms with van der Waals surface area (Å²) in [7, 11) is 0. The molecule has 0 aromatic carbocycles. The highest BCUT2D eigenvalue weighted by atomic mass is 16.4. The van der Waals surface area contributed by atoms with Crippen molar-refractivity contribution < 1.29 is 14.7 Å². The second-order valence-corrected chi connectivity index (χ2v) is 11.6. The fraction of sp³-hybridized carbons (Fsp3) is 0.917. The Labute approximate surface area is 209 Å². The lowest BCUT2D eigenvalue weighted by Crippen LogP contribution is -2.65. The van der Waals surface area contributed by atoms with E-state index in [1.807, 2.05) is 0 Å². The zero-order chi connectivity index (χ0) is 25.4. The van der Waals surface area contributed by atoms with Crippen LogP contribution in [0, 0.1) is 17.3 Å². The third-order valence-electron chi connectivity index (χ3n) is 7.83. The van der Waals surface area contributed by atoms with Crippen LogP contribution in [0.5, 0.6) is 0 Å². The van der Waals surface area contributed by atoms with Crippen LogP contribution >= 0.6 is 0 Å². The molecule has 1 amide bonds. The molecule has 4 fully saturated rings. The molecule has 0 aliphatic carbocycles. The summed E-state index contributed by atoms with van der Waals surface area (Å²) in [6.45, 7) is 13.7. The third-order valence-corrected chi connectivity index (χ3v) is 7.83. The van der Waals surface area contributed by atoms with Crippen molar-refractivity contribution >= 4 is 11.9 Å². The Morgan fingerprint density at radius 3 is 2.00 bits per heavy atom. The Balaban J connectivity index is 1.80. The summed E-state index contributed by atoms with van der Waals surface area (Å²) in [4.78, 5) is 23.7. The fourth-order valence-electron chi connectivity index (χ4n) is 5.55. The van der Waals surface area contributed by atoms with Crippen molar-refractivity contribution in [3.05, 3.63) is 0 Å². The normalized spacial score (nSPS) is 37.7. The van der Waals surface area contributed by atoms with Crippen molar-refractivity contribution in [1.82, 2.24) is 37.2 Å². The van der Waals surface area contributed by atoms with Crippen molar-refractivity contribution in [3.63, 3.8) is 0 Å². The molecule has 0 aromatic heterocycles. The fourth-order valence-corrected chi connectivity index (χ4v) is 5.55. The van der Waals surface area contributed by atoms with Crippen molar-refractivity contribution in [2.45, 2.75) is 44.2 Å². The summed E-state index contributed by atoms with van der Waals surface area (Å²) in [5, 5.41) is 34.1. The van der Waals surface area contributed by atoms with Gasteiger partial charge in [0.05, 0.1) is 11.1 Å². The number of hydrogen-bond acceptors (Lipinski definition) is 9. The van der Waals surface area contributed by atoms with Crippen LogP contribution in [0.3, 0.4) is 0 Å². The highest BCUT2D eigenvalue weighted by molar-refractivity contribution is 5.77. The van der Waals surface area contributed by atoms with Gasteiger partial charge in [-0.1, -0.05) is 13.8 Å². The molecule has 11 heteroatoms. The maximum absolute atomic E-state index is 12.8. The van der Waals surface area contributed by atoms with Crippen LogP contribution in [0.4, 0.5) is 0 Å². The van der Waals surface area contributed by atoms with Crippen molar-refractivity contribution in [2.75, 3.05) is 78.5 Å². The van der Waals surface area contributed by atoms with Crippen molar-refractivity contribution in [3.8, 4) is 0 Å². The number of hydrogen-bond donors (Lipinski definition) is 9. The third kappa shape index (κ3) is 8.63. The molecular weight excluding hydrogens is 448 g/mol. The second kappa shape index (κ2) is 12.8. The topological polar surface area (TPSA) is 165 Å². The summed E-state index contributed by atoms with van der Waals surface area (Å²) < 4.78 is 0. The van der Waals surface area contributed by atoms with Gasteiger partial charge in [-0.25, -0.2) is 0 Å². The number of rotatable bonds is 5. The molecule has 4 rings (SSSR count). The largest absolute Gasteiger partial charge is 0.481 e. The van der Waals surface area contributed by atoms with Gasteiger partial charge in [0.15, 0.2) is 0 Å². The van der Waals surface area contributed by atoms with Crippen LogP contribution in [0.2, 0.25) is 0 Å². The first-order valence-electron chi connectivity index (χ1n) is 13.2. The van der Waals surface area contributed by atoms with Crippen LogP contribution in [0.25, 0.3) is 0 Å². The zero-order valence-electron chi connectivity index (χ0n) is 21.6. The molecule has 35 heavy (non-hydrogen) atoms. The Hall–Kier alpha value is -1.34. The van der Waals surface area contributed by atoms with E-state index in [9.17, 15) is 9.59 Å². The van der Waals surface area contributed by atoms with Crippen LogP contribution < -0.4 is 43.0 Å². The molecule has 4 saturated heterocycles. The van der Waals surface area contributed by atoms with Crippen molar-refractivity contribution in [1.29, 1.82) is 0 Å². The number of carbonyl (C=O) groups is 2. The minimum absolute atomic E-state index is 0.000728. The smallest absolute Gasteiger partial charge is 0.303 e. The SMILES string of the molecule is CC1CNC[C@]2(N)CNC[C@H]3CNC[C@](NC(=O)CCCC(=O)O)(CNC1)CNCC3(C)CNC2. The summed E-state index contributed by atoms with van der Waals surface area (Å²) in [5.74, 6) is -0.199. The standard InChI is InChI=1S/C24H48N8O3/c1-18-6-26-12-23(25)13-28-8-19-9-29-16-24(15-27-7-18,32-20(33)4-3-5-21(34)35)17-31-11-22(19,2)10-30-14-23/h18-19,26-31H,3-17,25H2,1-2H3,(H,32,33)(H,34,35)/t18?,19-,22?,23-,24+/m0/s1. The molecule has 2 unspecified atom stereocenters. The van der Waals surface area contributed by atoms with Gasteiger partial charge in [-0.3, -0.25) is 9.59 Å². The van der Waals surface area contributed by atoms with Gasteiger partial charge in [0.25, 0.3) is 0 Å². The molecule has 4 bridgehead atoms. The molecule has 202 valence electrons. The van der Waals surface area contributed by atoms with E-state index in [2.05, 4.69) is 51.1 Å². The van der Waals surface area contributed by atoms with Gasteiger partial charge in [0.2, 0.25) is 5.91 Å². The van der Waals surface area contributed by atoms with E-state index in [4.69, 9.17) is 10.8 Å². The molecule has 10 N–H and O–H groups in total. The van der Waals surface area contributed by atoms with Gasteiger partial charge >= 0.3 is 5.97 Å². The van der Waals surface area contributed by atoms with Gasteiger partial charge in [0.1, 0.15) is 0 Å². The van der Waals surface area contributed by atoms with Gasteiger partial charge in [-0.15, -0.1) is 0 Å². The van der Waals surface area contributed by atoms with Gasteiger partial charge < -0.3 is 48.1 Å². The zero-order valence-corrected chi connectivity index (χ0v) is 21.6. The monoisotopic (exact) mass is 496 g/mol. The number of carboxylic acid groups (broad SMARTS) is 1. The summed E-state index contributed by atoms with van der Waals surface area (Å²) in [5.41, 5.74) is 5.93.